The van der Waals surface area contributed by atoms with Gasteiger partial charge in [-0.15, -0.1) is 0 Å². The third-order valence-corrected chi connectivity index (χ3v) is 7.12. The summed E-state index contributed by atoms with van der Waals surface area (Å²) in [6, 6.07) is 10.9. The predicted octanol–water partition coefficient (Wildman–Crippen LogP) is 1.27. The van der Waals surface area contributed by atoms with Crippen molar-refractivity contribution in [3.05, 3.63) is 58.6 Å². The minimum absolute atomic E-state index is 0.0467. The van der Waals surface area contributed by atoms with E-state index in [9.17, 15) is 13.2 Å². The van der Waals surface area contributed by atoms with Gasteiger partial charge < -0.3 is 14.8 Å². The van der Waals surface area contributed by atoms with E-state index in [1.165, 1.54) is 25.3 Å². The second-order valence-corrected chi connectivity index (χ2v) is 10.2. The van der Waals surface area contributed by atoms with Crippen LogP contribution < -0.4 is 25.6 Å². The summed E-state index contributed by atoms with van der Waals surface area (Å²) in [5, 5.41) is 3.82. The second kappa shape index (κ2) is 13.0. The van der Waals surface area contributed by atoms with Gasteiger partial charge in [-0.3, -0.25) is 20.5 Å². The number of hydrogen-bond donors (Lipinski definition) is 4. The first-order valence-corrected chi connectivity index (χ1v) is 13.1. The Labute approximate surface area is 215 Å². The monoisotopic (exact) mass is 541 g/mol. The van der Waals surface area contributed by atoms with Crippen LogP contribution in [-0.4, -0.2) is 70.8 Å². The van der Waals surface area contributed by atoms with E-state index in [2.05, 4.69) is 25.8 Å². The molecule has 1 heterocycles. The van der Waals surface area contributed by atoms with Crippen molar-refractivity contribution in [1.82, 2.24) is 25.8 Å². The molecule has 0 unspecified atom stereocenters. The number of nitrogens with one attached hydrogen (secondary N) is 4. The van der Waals surface area contributed by atoms with Gasteiger partial charge in [0.25, 0.3) is 5.91 Å². The SMILES string of the molecule is COc1ccc(C(=O)NNC(=S)NCCN2CCOCC2)cc1S(=O)(=O)NCc1ccc(Cl)cc1. The molecule has 0 aliphatic carbocycles. The van der Waals surface area contributed by atoms with E-state index >= 15 is 0 Å². The van der Waals surface area contributed by atoms with Crippen LogP contribution in [0.15, 0.2) is 47.4 Å². The van der Waals surface area contributed by atoms with Crippen molar-refractivity contribution in [2.24, 2.45) is 0 Å². The Balaban J connectivity index is 1.56. The highest BCUT2D eigenvalue weighted by Gasteiger charge is 2.22. The van der Waals surface area contributed by atoms with Crippen molar-refractivity contribution < 1.29 is 22.7 Å². The van der Waals surface area contributed by atoms with Crippen molar-refractivity contribution in [3.63, 3.8) is 0 Å². The summed E-state index contributed by atoms with van der Waals surface area (Å²) in [6.07, 6.45) is 0. The quantitative estimate of drug-likeness (QED) is 0.275. The number of amides is 1. The number of rotatable bonds is 9. The molecule has 3 rings (SSSR count). The van der Waals surface area contributed by atoms with Crippen LogP contribution in [0, 0.1) is 0 Å². The number of thiocarbonyl (C=S) groups is 1. The number of nitrogens with zero attached hydrogens (tertiary/aromatic N) is 1. The van der Waals surface area contributed by atoms with Crippen LogP contribution in [0.5, 0.6) is 5.75 Å². The molecule has 0 spiro atoms. The van der Waals surface area contributed by atoms with Crippen molar-refractivity contribution in [2.75, 3.05) is 46.5 Å². The number of morpholine rings is 1. The number of ether oxygens (including phenoxy) is 2. The van der Waals surface area contributed by atoms with Crippen molar-refractivity contribution in [3.8, 4) is 5.75 Å². The van der Waals surface area contributed by atoms with Crippen LogP contribution in [0.1, 0.15) is 15.9 Å². The van der Waals surface area contributed by atoms with Crippen LogP contribution in [0.2, 0.25) is 5.02 Å². The van der Waals surface area contributed by atoms with E-state index in [0.717, 1.165) is 38.4 Å². The second-order valence-electron chi connectivity index (χ2n) is 7.61. The van der Waals surface area contributed by atoms with E-state index in [4.69, 9.17) is 33.3 Å². The van der Waals surface area contributed by atoms with Gasteiger partial charge in [0.2, 0.25) is 10.0 Å². The number of hydrazine groups is 1. The molecule has 10 nitrogen and oxygen atoms in total. The third-order valence-electron chi connectivity index (χ3n) is 5.20. The molecule has 1 aliphatic heterocycles. The Morgan fingerprint density at radius 2 is 1.86 bits per heavy atom. The van der Waals surface area contributed by atoms with Gasteiger partial charge in [0.15, 0.2) is 5.11 Å². The number of carbonyl (C=O) groups excluding carboxylic acids is 1. The van der Waals surface area contributed by atoms with E-state index in [1.54, 1.807) is 24.3 Å². The molecule has 13 heteroatoms. The Morgan fingerprint density at radius 1 is 1.14 bits per heavy atom. The summed E-state index contributed by atoms with van der Waals surface area (Å²) >= 11 is 11.1. The number of hydrogen-bond acceptors (Lipinski definition) is 7. The molecule has 1 amide bonds. The van der Waals surface area contributed by atoms with Crippen molar-refractivity contribution >= 4 is 44.9 Å². The molecule has 1 fully saturated rings. The van der Waals surface area contributed by atoms with Gasteiger partial charge in [0, 0.05) is 43.3 Å². The highest BCUT2D eigenvalue weighted by atomic mass is 35.5. The van der Waals surface area contributed by atoms with Gasteiger partial charge in [-0.25, -0.2) is 13.1 Å². The number of methoxy groups -OCH3 is 1. The number of halogens is 1. The molecule has 2 aromatic carbocycles. The normalized spacial score (nSPS) is 14.2. The minimum Gasteiger partial charge on any atom is -0.495 e. The summed E-state index contributed by atoms with van der Waals surface area (Å²) in [5.41, 5.74) is 5.94. The first-order chi connectivity index (χ1) is 16.8. The lowest BCUT2D eigenvalue weighted by Gasteiger charge is -2.26. The average Bonchev–Trinajstić information content (AvgIpc) is 2.87. The molecule has 190 valence electrons. The van der Waals surface area contributed by atoms with Gasteiger partial charge in [-0.1, -0.05) is 23.7 Å². The fourth-order valence-corrected chi connectivity index (χ4v) is 4.76. The van der Waals surface area contributed by atoms with E-state index in [1.807, 2.05) is 0 Å². The third kappa shape index (κ3) is 8.30. The standard InChI is InChI=1S/C22H28ClN5O5S2/c1-32-19-7-4-17(14-20(19)35(30,31)25-15-16-2-5-18(23)6-3-16)21(29)26-27-22(34)24-8-9-28-10-12-33-13-11-28/h2-7,14,25H,8-13,15H2,1H3,(H,26,29)(H2,24,27,34). The van der Waals surface area contributed by atoms with Gasteiger partial charge in [0.05, 0.1) is 20.3 Å². The summed E-state index contributed by atoms with van der Waals surface area (Å²) in [7, 11) is -2.62. The summed E-state index contributed by atoms with van der Waals surface area (Å²) in [6.45, 7) is 4.62. The van der Waals surface area contributed by atoms with Gasteiger partial charge in [-0.2, -0.15) is 0 Å². The highest BCUT2D eigenvalue weighted by Crippen LogP contribution is 2.25. The summed E-state index contributed by atoms with van der Waals surface area (Å²) in [4.78, 5) is 14.7. The average molecular weight is 542 g/mol. The molecule has 1 saturated heterocycles. The summed E-state index contributed by atoms with van der Waals surface area (Å²) < 4.78 is 38.9. The maximum atomic E-state index is 12.9. The molecule has 0 radical (unpaired) electrons. The van der Waals surface area contributed by atoms with Crippen LogP contribution in [0.3, 0.4) is 0 Å². The Hall–Kier alpha value is -2.48. The lowest BCUT2D eigenvalue weighted by Crippen LogP contribution is -2.49. The maximum absolute atomic E-state index is 12.9. The number of sulfonamides is 1. The fourth-order valence-electron chi connectivity index (χ4n) is 3.27. The molecule has 0 aromatic heterocycles. The van der Waals surface area contributed by atoms with Crippen molar-refractivity contribution in [1.29, 1.82) is 0 Å². The predicted molar refractivity (Wildman–Crippen MR) is 137 cm³/mol. The van der Waals surface area contributed by atoms with Gasteiger partial charge in [-0.05, 0) is 48.1 Å². The zero-order valence-electron chi connectivity index (χ0n) is 19.2. The molecular formula is C22H28ClN5O5S2. The first-order valence-electron chi connectivity index (χ1n) is 10.8. The topological polar surface area (TPSA) is 121 Å². The molecule has 1 aliphatic rings. The van der Waals surface area contributed by atoms with Crippen molar-refractivity contribution in [2.45, 2.75) is 11.4 Å². The van der Waals surface area contributed by atoms with Crippen LogP contribution in [0.4, 0.5) is 0 Å². The molecule has 2 aromatic rings. The Bertz CT molecular complexity index is 1130. The van der Waals surface area contributed by atoms with E-state index < -0.39 is 15.9 Å². The zero-order chi connectivity index (χ0) is 25.3. The minimum atomic E-state index is -3.98. The molecule has 0 bridgehead atoms. The number of benzene rings is 2. The van der Waals surface area contributed by atoms with Crippen LogP contribution >= 0.6 is 23.8 Å². The lowest BCUT2D eigenvalue weighted by molar-refractivity contribution is 0.0389. The van der Waals surface area contributed by atoms with Crippen LogP contribution in [-0.2, 0) is 21.3 Å². The Morgan fingerprint density at radius 3 is 2.54 bits per heavy atom. The smallest absolute Gasteiger partial charge is 0.269 e. The van der Waals surface area contributed by atoms with E-state index in [0.29, 0.717) is 11.6 Å². The van der Waals surface area contributed by atoms with Gasteiger partial charge in [0.1, 0.15) is 10.6 Å². The number of carbonyl (C=O) groups is 1. The van der Waals surface area contributed by atoms with E-state index in [-0.39, 0.29) is 27.9 Å². The molecule has 35 heavy (non-hydrogen) atoms. The Kier molecular flexibility index (Phi) is 10.1. The molecule has 0 atom stereocenters. The highest BCUT2D eigenvalue weighted by molar-refractivity contribution is 7.89. The molecular weight excluding hydrogens is 514 g/mol. The fraction of sp³-hybridized carbons (Fsp3) is 0.364. The largest absolute Gasteiger partial charge is 0.495 e. The first kappa shape index (κ1) is 27.1. The molecule has 4 N–H and O–H groups in total. The van der Waals surface area contributed by atoms with Crippen LogP contribution in [0.25, 0.3) is 0 Å². The zero-order valence-corrected chi connectivity index (χ0v) is 21.6. The summed E-state index contributed by atoms with van der Waals surface area (Å²) in [5.74, 6) is -0.447. The van der Waals surface area contributed by atoms with Gasteiger partial charge >= 0.3 is 0 Å². The maximum Gasteiger partial charge on any atom is 0.269 e. The molecule has 0 saturated carbocycles. The lowest BCUT2D eigenvalue weighted by atomic mass is 10.2.